The molecule has 0 atom stereocenters. The van der Waals surface area contributed by atoms with Crippen LogP contribution in [0.5, 0.6) is 11.6 Å². The number of anilines is 1. The van der Waals surface area contributed by atoms with E-state index in [2.05, 4.69) is 15.3 Å². The van der Waals surface area contributed by atoms with Gasteiger partial charge in [-0.15, -0.1) is 0 Å². The van der Waals surface area contributed by atoms with E-state index in [1.165, 1.54) is 6.20 Å². The van der Waals surface area contributed by atoms with Crippen molar-refractivity contribution < 1.29 is 9.53 Å². The molecule has 0 saturated heterocycles. The lowest BCUT2D eigenvalue weighted by Crippen LogP contribution is -2.11. The van der Waals surface area contributed by atoms with E-state index >= 15 is 0 Å². The molecule has 0 aliphatic carbocycles. The maximum atomic E-state index is 12.1. The number of carbonyl (C=O) groups excluding carboxylic acids is 1. The molecule has 0 aliphatic heterocycles. The van der Waals surface area contributed by atoms with E-state index in [1.807, 2.05) is 0 Å². The van der Waals surface area contributed by atoms with E-state index in [9.17, 15) is 4.79 Å². The Bertz CT molecular complexity index is 790. The third-order valence-electron chi connectivity index (χ3n) is 2.98. The fourth-order valence-electron chi connectivity index (χ4n) is 1.87. The normalized spacial score (nSPS) is 10.1. The predicted octanol–water partition coefficient (Wildman–Crippen LogP) is 4.17. The van der Waals surface area contributed by atoms with Gasteiger partial charge in [-0.2, -0.15) is 0 Å². The minimum Gasteiger partial charge on any atom is -0.438 e. The zero-order chi connectivity index (χ0) is 16.1. The van der Waals surface area contributed by atoms with Crippen LogP contribution in [0.2, 0.25) is 5.02 Å². The first-order valence-electron chi connectivity index (χ1n) is 6.81. The Balaban J connectivity index is 1.65. The second-order valence-electron chi connectivity index (χ2n) is 4.63. The highest BCUT2D eigenvalue weighted by molar-refractivity contribution is 6.30. The smallest absolute Gasteiger partial charge is 0.255 e. The Morgan fingerprint density at radius 3 is 2.39 bits per heavy atom. The van der Waals surface area contributed by atoms with Crippen LogP contribution >= 0.6 is 11.6 Å². The molecule has 5 nitrogen and oxygen atoms in total. The number of ether oxygens (including phenoxy) is 1. The number of benzene rings is 2. The maximum Gasteiger partial charge on any atom is 0.255 e. The number of rotatable bonds is 4. The van der Waals surface area contributed by atoms with Gasteiger partial charge in [0.15, 0.2) is 0 Å². The van der Waals surface area contributed by atoms with E-state index in [0.29, 0.717) is 27.9 Å². The summed E-state index contributed by atoms with van der Waals surface area (Å²) in [5, 5.41) is 3.39. The highest BCUT2D eigenvalue weighted by Gasteiger charge is 2.06. The average molecular weight is 326 g/mol. The Hall–Kier alpha value is -2.92. The van der Waals surface area contributed by atoms with Gasteiger partial charge in [0.2, 0.25) is 5.88 Å². The van der Waals surface area contributed by atoms with Crippen LogP contribution in [0.1, 0.15) is 10.4 Å². The van der Waals surface area contributed by atoms with Crippen LogP contribution in [-0.2, 0) is 0 Å². The molecule has 0 fully saturated rings. The lowest BCUT2D eigenvalue weighted by Gasteiger charge is -2.07. The zero-order valence-electron chi connectivity index (χ0n) is 11.9. The highest BCUT2D eigenvalue weighted by Crippen LogP contribution is 2.21. The summed E-state index contributed by atoms with van der Waals surface area (Å²) in [7, 11) is 0. The summed E-state index contributed by atoms with van der Waals surface area (Å²) in [5.41, 5.74) is 1.20. The van der Waals surface area contributed by atoms with Crippen molar-refractivity contribution in [2.75, 3.05) is 5.32 Å². The topological polar surface area (TPSA) is 64.1 Å². The lowest BCUT2D eigenvalue weighted by atomic mass is 10.2. The molecule has 0 spiro atoms. The molecule has 23 heavy (non-hydrogen) atoms. The summed E-state index contributed by atoms with van der Waals surface area (Å²) < 4.78 is 5.54. The van der Waals surface area contributed by atoms with Gasteiger partial charge in [-0.1, -0.05) is 11.6 Å². The van der Waals surface area contributed by atoms with E-state index in [-0.39, 0.29) is 5.91 Å². The molecular weight excluding hydrogens is 314 g/mol. The van der Waals surface area contributed by atoms with Crippen molar-refractivity contribution in [2.45, 2.75) is 0 Å². The van der Waals surface area contributed by atoms with Crippen LogP contribution in [0.15, 0.2) is 67.1 Å². The van der Waals surface area contributed by atoms with Crippen molar-refractivity contribution in [2.24, 2.45) is 0 Å². The van der Waals surface area contributed by atoms with Gasteiger partial charge in [0.1, 0.15) is 5.75 Å². The molecule has 0 saturated carbocycles. The second kappa shape index (κ2) is 6.89. The van der Waals surface area contributed by atoms with Gasteiger partial charge in [-0.3, -0.25) is 9.78 Å². The Morgan fingerprint density at radius 1 is 1.00 bits per heavy atom. The number of hydrogen-bond donors (Lipinski definition) is 1. The molecule has 1 N–H and O–H groups in total. The number of hydrogen-bond acceptors (Lipinski definition) is 4. The fraction of sp³-hybridized carbons (Fsp3) is 0. The quantitative estimate of drug-likeness (QED) is 0.781. The van der Waals surface area contributed by atoms with Gasteiger partial charge in [0.05, 0.1) is 6.20 Å². The largest absolute Gasteiger partial charge is 0.438 e. The molecule has 2 aromatic carbocycles. The number of amides is 1. The number of aromatic nitrogens is 2. The van der Waals surface area contributed by atoms with Crippen LogP contribution in [-0.4, -0.2) is 15.9 Å². The highest BCUT2D eigenvalue weighted by atomic mass is 35.5. The predicted molar refractivity (Wildman–Crippen MR) is 88.0 cm³/mol. The van der Waals surface area contributed by atoms with Gasteiger partial charge in [-0.05, 0) is 48.5 Å². The zero-order valence-corrected chi connectivity index (χ0v) is 12.7. The maximum absolute atomic E-state index is 12.1. The minimum atomic E-state index is -0.204. The molecule has 1 amide bonds. The first kappa shape index (κ1) is 15.0. The monoisotopic (exact) mass is 325 g/mol. The summed E-state index contributed by atoms with van der Waals surface area (Å²) in [6.07, 6.45) is 4.65. The summed E-state index contributed by atoms with van der Waals surface area (Å²) in [4.78, 5) is 20.0. The van der Waals surface area contributed by atoms with Gasteiger partial charge < -0.3 is 10.1 Å². The average Bonchev–Trinajstić information content (AvgIpc) is 2.58. The fourth-order valence-corrected chi connectivity index (χ4v) is 2.00. The summed E-state index contributed by atoms with van der Waals surface area (Å²) >= 11 is 5.81. The second-order valence-corrected chi connectivity index (χ2v) is 5.07. The summed E-state index contributed by atoms with van der Waals surface area (Å²) in [6, 6.07) is 13.7. The van der Waals surface area contributed by atoms with Crippen molar-refractivity contribution in [3.8, 4) is 11.6 Å². The number of carbonyl (C=O) groups is 1. The third-order valence-corrected chi connectivity index (χ3v) is 3.23. The van der Waals surface area contributed by atoms with Crippen LogP contribution in [0, 0.1) is 0 Å². The van der Waals surface area contributed by atoms with E-state index in [4.69, 9.17) is 16.3 Å². The molecule has 114 valence electrons. The van der Waals surface area contributed by atoms with Crippen molar-refractivity contribution in [3.63, 3.8) is 0 Å². The molecular formula is C17H12ClN3O2. The van der Waals surface area contributed by atoms with E-state index in [1.54, 1.807) is 60.9 Å². The Labute approximate surface area is 137 Å². The molecule has 0 radical (unpaired) electrons. The van der Waals surface area contributed by atoms with Crippen LogP contribution in [0.3, 0.4) is 0 Å². The first-order valence-corrected chi connectivity index (χ1v) is 7.19. The van der Waals surface area contributed by atoms with Gasteiger partial charge in [-0.25, -0.2) is 4.98 Å². The van der Waals surface area contributed by atoms with E-state index < -0.39 is 0 Å². The molecule has 6 heteroatoms. The number of halogens is 1. The van der Waals surface area contributed by atoms with Gasteiger partial charge in [0, 0.05) is 28.7 Å². The van der Waals surface area contributed by atoms with Crippen molar-refractivity contribution in [1.29, 1.82) is 0 Å². The summed E-state index contributed by atoms with van der Waals surface area (Å²) in [5.74, 6) is 0.810. The van der Waals surface area contributed by atoms with Gasteiger partial charge in [0.25, 0.3) is 5.91 Å². The molecule has 1 aromatic heterocycles. The minimum absolute atomic E-state index is 0.204. The molecule has 0 unspecified atom stereocenters. The van der Waals surface area contributed by atoms with Crippen LogP contribution in [0.25, 0.3) is 0 Å². The Morgan fingerprint density at radius 2 is 1.74 bits per heavy atom. The number of nitrogens with zero attached hydrogens (tertiary/aromatic N) is 2. The number of nitrogens with one attached hydrogen (secondary N) is 1. The molecule has 1 heterocycles. The van der Waals surface area contributed by atoms with Crippen molar-refractivity contribution >= 4 is 23.2 Å². The first-order chi connectivity index (χ1) is 11.2. The summed E-state index contributed by atoms with van der Waals surface area (Å²) in [6.45, 7) is 0. The molecule has 0 bridgehead atoms. The van der Waals surface area contributed by atoms with E-state index in [0.717, 1.165) is 0 Å². The third kappa shape index (κ3) is 4.05. The Kier molecular flexibility index (Phi) is 4.49. The van der Waals surface area contributed by atoms with Crippen LogP contribution in [0.4, 0.5) is 5.69 Å². The standard InChI is InChI=1S/C17H12ClN3O2/c18-13-3-1-12(2-4-13)17(22)21-14-5-7-15(8-6-14)23-16-11-19-9-10-20-16/h1-11H,(H,21,22). The molecule has 3 aromatic rings. The molecule has 3 rings (SSSR count). The van der Waals surface area contributed by atoms with Crippen LogP contribution < -0.4 is 10.1 Å². The molecule has 0 aliphatic rings. The van der Waals surface area contributed by atoms with Crippen molar-refractivity contribution in [1.82, 2.24) is 9.97 Å². The SMILES string of the molecule is O=C(Nc1ccc(Oc2cnccn2)cc1)c1ccc(Cl)cc1. The van der Waals surface area contributed by atoms with Gasteiger partial charge >= 0.3 is 0 Å². The lowest BCUT2D eigenvalue weighted by molar-refractivity contribution is 0.102. The van der Waals surface area contributed by atoms with Crippen molar-refractivity contribution in [3.05, 3.63) is 77.7 Å².